The van der Waals surface area contributed by atoms with Crippen LogP contribution in [0, 0.1) is 0 Å². The molecule has 0 spiro atoms. The Morgan fingerprint density at radius 2 is 0.956 bits per heavy atom. The summed E-state index contributed by atoms with van der Waals surface area (Å²) in [5, 5.41) is 5.37. The molecule has 0 bridgehead atoms. The van der Waals surface area contributed by atoms with Crippen LogP contribution in [0.2, 0.25) is 0 Å². The second-order valence-corrected chi connectivity index (χ2v) is 12.5. The molecule has 0 aliphatic heterocycles. The van der Waals surface area contributed by atoms with E-state index in [0.29, 0.717) is 0 Å². The maximum absolute atomic E-state index is 4.63. The summed E-state index contributed by atoms with van der Waals surface area (Å²) in [4.78, 5) is 0. The highest BCUT2D eigenvalue weighted by atomic mass is 32.1. The van der Waals surface area contributed by atoms with Crippen LogP contribution in [0.3, 0.4) is 0 Å². The largest absolute Gasteiger partial charge is 0.310 e. The number of thiol groups is 1. The molecule has 1 unspecified atom stereocenters. The topological polar surface area (TPSA) is 9.86 Å². The summed E-state index contributed by atoms with van der Waals surface area (Å²) in [6.45, 7) is 0. The van der Waals surface area contributed by atoms with Crippen LogP contribution in [0.5, 0.6) is 0 Å². The average Bonchev–Trinajstić information content (AvgIpc) is 3.61. The number of allylic oxidation sites excluding steroid dienone is 3. The smallest absolute Gasteiger partial charge is 0.0541 e. The first-order chi connectivity index (χ1) is 22.2. The van der Waals surface area contributed by atoms with Crippen molar-refractivity contribution in [3.05, 3.63) is 158 Å². The number of benzene rings is 6. The van der Waals surface area contributed by atoms with Crippen molar-refractivity contribution in [3.63, 3.8) is 0 Å². The van der Waals surface area contributed by atoms with Crippen LogP contribution in [-0.2, 0) is 0 Å². The summed E-state index contributed by atoms with van der Waals surface area (Å²) in [6.07, 6.45) is 7.63. The van der Waals surface area contributed by atoms with Gasteiger partial charge in [0.2, 0.25) is 0 Å². The van der Waals surface area contributed by atoms with Crippen molar-refractivity contribution in [2.75, 3.05) is 0 Å². The maximum atomic E-state index is 4.63. The molecule has 0 N–H and O–H groups in total. The van der Waals surface area contributed by atoms with Gasteiger partial charge in [0.1, 0.15) is 0 Å². The van der Waals surface area contributed by atoms with E-state index in [1.54, 1.807) is 0 Å². The fourth-order valence-electron chi connectivity index (χ4n) is 7.06. The predicted octanol–water partition coefficient (Wildman–Crippen LogP) is 11.3. The zero-order valence-electron chi connectivity index (χ0n) is 24.6. The second kappa shape index (κ2) is 10.4. The van der Waals surface area contributed by atoms with Gasteiger partial charge in [-0.05, 0) is 83.3 Å². The predicted molar refractivity (Wildman–Crippen MR) is 195 cm³/mol. The van der Waals surface area contributed by atoms with Crippen LogP contribution in [0.4, 0.5) is 0 Å². The molecule has 214 valence electrons. The van der Waals surface area contributed by atoms with Crippen LogP contribution in [0.25, 0.3) is 77.2 Å². The van der Waals surface area contributed by atoms with E-state index in [2.05, 4.69) is 180 Å². The molecule has 2 heterocycles. The standard InChI is InChI=1S/C42H30N2S/c45-34-22-20-33(21-23-34)44-40-13-7-5-11-36(40)38-27-31(19-25-42(38)44)29-16-14-28(15-17-29)30-18-24-41-37(26-30)35-10-4-6-12-39(35)43(41)32-8-2-1-3-9-32/h1-22,24-27,34,45H,23H2. The lowest BCUT2D eigenvalue weighted by Crippen LogP contribution is -2.02. The summed E-state index contributed by atoms with van der Waals surface area (Å²) in [5.41, 5.74) is 12.2. The summed E-state index contributed by atoms with van der Waals surface area (Å²) in [6, 6.07) is 50.8. The van der Waals surface area contributed by atoms with Crippen molar-refractivity contribution in [3.8, 4) is 27.9 Å². The molecule has 3 heteroatoms. The van der Waals surface area contributed by atoms with Crippen molar-refractivity contribution >= 4 is 61.9 Å². The van der Waals surface area contributed by atoms with E-state index in [0.717, 1.165) is 6.42 Å². The Kier molecular flexibility index (Phi) is 6.07. The molecule has 0 radical (unpaired) electrons. The minimum Gasteiger partial charge on any atom is -0.310 e. The Bertz CT molecular complexity index is 2460. The van der Waals surface area contributed by atoms with E-state index >= 15 is 0 Å². The summed E-state index contributed by atoms with van der Waals surface area (Å²) in [7, 11) is 0. The highest BCUT2D eigenvalue weighted by Crippen LogP contribution is 2.38. The number of hydrogen-bond donors (Lipinski definition) is 1. The number of rotatable bonds is 4. The Balaban J connectivity index is 1.11. The molecular weight excluding hydrogens is 565 g/mol. The van der Waals surface area contributed by atoms with Gasteiger partial charge in [-0.25, -0.2) is 0 Å². The van der Waals surface area contributed by atoms with Crippen LogP contribution in [0.1, 0.15) is 6.42 Å². The van der Waals surface area contributed by atoms with Crippen molar-refractivity contribution in [2.45, 2.75) is 11.7 Å². The Hall–Kier alpha value is -5.25. The molecule has 0 fully saturated rings. The zero-order valence-corrected chi connectivity index (χ0v) is 25.5. The van der Waals surface area contributed by atoms with Crippen LogP contribution < -0.4 is 0 Å². The molecule has 1 aliphatic rings. The van der Waals surface area contributed by atoms with Gasteiger partial charge in [-0.2, -0.15) is 12.6 Å². The molecule has 9 rings (SSSR count). The summed E-state index contributed by atoms with van der Waals surface area (Å²) in [5.74, 6) is 0. The highest BCUT2D eigenvalue weighted by molar-refractivity contribution is 7.81. The van der Waals surface area contributed by atoms with E-state index < -0.39 is 0 Å². The number of para-hydroxylation sites is 3. The van der Waals surface area contributed by atoms with Crippen molar-refractivity contribution in [2.24, 2.45) is 0 Å². The molecule has 8 aromatic rings. The van der Waals surface area contributed by atoms with Crippen molar-refractivity contribution < 1.29 is 0 Å². The molecule has 1 aliphatic carbocycles. The van der Waals surface area contributed by atoms with Crippen LogP contribution >= 0.6 is 12.6 Å². The molecule has 2 aromatic heterocycles. The lowest BCUT2D eigenvalue weighted by Gasteiger charge is -2.15. The van der Waals surface area contributed by atoms with E-state index in [9.17, 15) is 0 Å². The monoisotopic (exact) mass is 594 g/mol. The normalized spacial score (nSPS) is 15.0. The number of fused-ring (bicyclic) bond motifs is 6. The fraction of sp³-hybridized carbons (Fsp3) is 0.0476. The lowest BCUT2D eigenvalue weighted by molar-refractivity contribution is 1.04. The Morgan fingerprint density at radius 1 is 0.467 bits per heavy atom. The van der Waals surface area contributed by atoms with Gasteiger partial charge in [0.15, 0.2) is 0 Å². The van der Waals surface area contributed by atoms with Gasteiger partial charge in [0.05, 0.1) is 22.1 Å². The van der Waals surface area contributed by atoms with Crippen LogP contribution in [-0.4, -0.2) is 14.4 Å². The molecule has 2 nitrogen and oxygen atoms in total. The molecular formula is C42H30N2S. The SMILES string of the molecule is SC1C=CC(n2c3ccccc3c3cc(-c4ccc(-c5ccc6c(c5)c5ccccc5n6-c5ccccc5)cc4)ccc32)=CC1. The lowest BCUT2D eigenvalue weighted by atomic mass is 9.98. The molecule has 0 amide bonds. The van der Waals surface area contributed by atoms with E-state index in [-0.39, 0.29) is 5.25 Å². The van der Waals surface area contributed by atoms with Crippen molar-refractivity contribution in [1.82, 2.24) is 9.13 Å². The first-order valence-corrected chi connectivity index (χ1v) is 16.0. The average molecular weight is 595 g/mol. The quantitative estimate of drug-likeness (QED) is 0.194. The summed E-state index contributed by atoms with van der Waals surface area (Å²) >= 11 is 4.63. The van der Waals surface area contributed by atoms with Gasteiger partial charge in [0.25, 0.3) is 0 Å². The number of hydrogen-bond acceptors (Lipinski definition) is 1. The molecule has 0 saturated heterocycles. The molecule has 0 saturated carbocycles. The van der Waals surface area contributed by atoms with Gasteiger partial charge in [-0.1, -0.05) is 103 Å². The minimum absolute atomic E-state index is 0.285. The summed E-state index contributed by atoms with van der Waals surface area (Å²) < 4.78 is 4.75. The number of aromatic nitrogens is 2. The molecule has 6 aromatic carbocycles. The van der Waals surface area contributed by atoms with E-state index in [4.69, 9.17) is 0 Å². The van der Waals surface area contributed by atoms with Gasteiger partial charge in [-0.15, -0.1) is 0 Å². The highest BCUT2D eigenvalue weighted by Gasteiger charge is 2.16. The fourth-order valence-corrected chi connectivity index (χ4v) is 7.25. The van der Waals surface area contributed by atoms with Gasteiger partial charge >= 0.3 is 0 Å². The van der Waals surface area contributed by atoms with Crippen molar-refractivity contribution in [1.29, 1.82) is 0 Å². The molecule has 1 atom stereocenters. The Labute approximate surface area is 267 Å². The zero-order chi connectivity index (χ0) is 29.9. The van der Waals surface area contributed by atoms with Gasteiger partial charge in [0, 0.05) is 38.2 Å². The van der Waals surface area contributed by atoms with E-state index in [1.807, 2.05) is 0 Å². The number of nitrogens with zero attached hydrogens (tertiary/aromatic N) is 2. The third kappa shape index (κ3) is 4.27. The molecule has 45 heavy (non-hydrogen) atoms. The first kappa shape index (κ1) is 26.2. The van der Waals surface area contributed by atoms with Crippen LogP contribution in [0.15, 0.2) is 158 Å². The third-order valence-corrected chi connectivity index (χ3v) is 9.61. The van der Waals surface area contributed by atoms with Gasteiger partial charge in [-0.3, -0.25) is 0 Å². The van der Waals surface area contributed by atoms with Gasteiger partial charge < -0.3 is 9.13 Å². The minimum atomic E-state index is 0.285. The second-order valence-electron chi connectivity index (χ2n) is 11.9. The first-order valence-electron chi connectivity index (χ1n) is 15.5. The Morgan fingerprint density at radius 3 is 1.53 bits per heavy atom. The maximum Gasteiger partial charge on any atom is 0.0541 e. The van der Waals surface area contributed by atoms with E-state index in [1.165, 1.54) is 77.2 Å². The third-order valence-electron chi connectivity index (χ3n) is 9.23.